The summed E-state index contributed by atoms with van der Waals surface area (Å²) in [4.78, 5) is 30.5. The van der Waals surface area contributed by atoms with Crippen molar-refractivity contribution < 1.29 is 4.79 Å². The van der Waals surface area contributed by atoms with Crippen LogP contribution in [0.2, 0.25) is 0 Å². The van der Waals surface area contributed by atoms with Crippen LogP contribution in [0.1, 0.15) is 21.2 Å². The van der Waals surface area contributed by atoms with E-state index in [2.05, 4.69) is 19.9 Å². The average molecular weight is 337 g/mol. The van der Waals surface area contributed by atoms with Gasteiger partial charge in [-0.15, -0.1) is 11.3 Å². The van der Waals surface area contributed by atoms with Crippen molar-refractivity contribution in [1.29, 1.82) is 0 Å². The van der Waals surface area contributed by atoms with E-state index in [1.807, 2.05) is 32.0 Å². The first-order chi connectivity index (χ1) is 11.5. The Bertz CT molecular complexity index is 1080. The number of thiazole rings is 1. The Hall–Kier alpha value is -2.80. The van der Waals surface area contributed by atoms with E-state index in [9.17, 15) is 4.79 Å². The van der Waals surface area contributed by atoms with Crippen molar-refractivity contribution in [2.24, 2.45) is 0 Å². The Morgan fingerprint density at radius 2 is 2.04 bits per heavy atom. The number of carbonyl (C=O) groups is 1. The van der Waals surface area contributed by atoms with E-state index in [0.29, 0.717) is 11.2 Å². The van der Waals surface area contributed by atoms with Gasteiger partial charge < -0.3 is 9.88 Å². The number of carbonyl (C=O) groups excluding carboxylic acids is 1. The molecular weight excluding hydrogens is 322 g/mol. The second-order valence-electron chi connectivity index (χ2n) is 5.67. The number of hydrogen-bond acceptors (Lipinski definition) is 5. The summed E-state index contributed by atoms with van der Waals surface area (Å²) in [5.41, 5.74) is 3.69. The van der Waals surface area contributed by atoms with Gasteiger partial charge in [-0.25, -0.2) is 15.0 Å². The fraction of sp³-hybridized carbons (Fsp3) is 0.176. The molecule has 0 bridgehead atoms. The lowest BCUT2D eigenvalue weighted by atomic mass is 10.2. The van der Waals surface area contributed by atoms with Crippen molar-refractivity contribution in [3.05, 3.63) is 46.9 Å². The quantitative estimate of drug-likeness (QED) is 0.608. The number of fused-ring (bicyclic) bond motifs is 2. The van der Waals surface area contributed by atoms with Crippen molar-refractivity contribution in [2.75, 3.05) is 11.9 Å². The fourth-order valence-corrected chi connectivity index (χ4v) is 3.55. The van der Waals surface area contributed by atoms with E-state index in [0.717, 1.165) is 32.3 Å². The smallest absolute Gasteiger partial charge is 0.259 e. The first kappa shape index (κ1) is 14.8. The maximum Gasteiger partial charge on any atom is 0.259 e. The van der Waals surface area contributed by atoms with Crippen molar-refractivity contribution >= 4 is 44.3 Å². The minimum Gasteiger partial charge on any atom is -0.341 e. The minimum atomic E-state index is -0.114. The van der Waals surface area contributed by atoms with Gasteiger partial charge in [0.05, 0.1) is 26.3 Å². The lowest BCUT2D eigenvalue weighted by Crippen LogP contribution is -2.26. The predicted octanol–water partition coefficient (Wildman–Crippen LogP) is 3.46. The predicted molar refractivity (Wildman–Crippen MR) is 95.7 cm³/mol. The number of H-pyrrole nitrogens is 1. The first-order valence-electron chi connectivity index (χ1n) is 7.49. The number of imidazole rings is 1. The van der Waals surface area contributed by atoms with Gasteiger partial charge in [0.25, 0.3) is 5.91 Å². The van der Waals surface area contributed by atoms with Crippen LogP contribution in [0.5, 0.6) is 0 Å². The summed E-state index contributed by atoms with van der Waals surface area (Å²) in [6, 6.07) is 7.63. The minimum absolute atomic E-state index is 0.114. The van der Waals surface area contributed by atoms with Crippen LogP contribution in [-0.4, -0.2) is 32.9 Å². The molecule has 24 heavy (non-hydrogen) atoms. The molecule has 3 heterocycles. The third kappa shape index (κ3) is 2.43. The highest BCUT2D eigenvalue weighted by Gasteiger charge is 2.16. The van der Waals surface area contributed by atoms with Crippen molar-refractivity contribution in [1.82, 2.24) is 19.9 Å². The van der Waals surface area contributed by atoms with Gasteiger partial charge in [-0.05, 0) is 38.1 Å². The van der Waals surface area contributed by atoms with Crippen molar-refractivity contribution in [3.8, 4) is 0 Å². The Balaban J connectivity index is 1.70. The van der Waals surface area contributed by atoms with E-state index in [-0.39, 0.29) is 5.91 Å². The molecule has 1 N–H and O–H groups in total. The number of amides is 1. The second kappa shape index (κ2) is 5.38. The van der Waals surface area contributed by atoms with Gasteiger partial charge >= 0.3 is 0 Å². The van der Waals surface area contributed by atoms with Gasteiger partial charge in [0.15, 0.2) is 5.65 Å². The van der Waals surface area contributed by atoms with E-state index in [4.69, 9.17) is 0 Å². The molecule has 7 heteroatoms. The third-order valence-electron chi connectivity index (χ3n) is 3.87. The van der Waals surface area contributed by atoms with Crippen molar-refractivity contribution in [2.45, 2.75) is 13.8 Å². The van der Waals surface area contributed by atoms with Crippen LogP contribution >= 0.6 is 11.3 Å². The van der Waals surface area contributed by atoms with Crippen LogP contribution in [0.15, 0.2) is 30.5 Å². The Morgan fingerprint density at radius 1 is 1.21 bits per heavy atom. The average Bonchev–Trinajstić information content (AvgIpc) is 3.12. The van der Waals surface area contributed by atoms with Gasteiger partial charge in [-0.2, -0.15) is 0 Å². The van der Waals surface area contributed by atoms with E-state index < -0.39 is 0 Å². The molecule has 0 saturated carbocycles. The molecule has 0 saturated heterocycles. The number of rotatable bonds is 2. The molecule has 0 unspecified atom stereocenters. The topological polar surface area (TPSA) is 74.8 Å². The van der Waals surface area contributed by atoms with E-state index in [1.54, 1.807) is 35.5 Å². The normalized spacial score (nSPS) is 11.3. The molecule has 0 radical (unpaired) electrons. The van der Waals surface area contributed by atoms with Crippen molar-refractivity contribution in [3.63, 3.8) is 0 Å². The van der Waals surface area contributed by atoms with Gasteiger partial charge in [-0.3, -0.25) is 4.79 Å². The number of pyridine rings is 1. The highest BCUT2D eigenvalue weighted by molar-refractivity contribution is 7.18. The van der Waals surface area contributed by atoms with Gasteiger partial charge in [0.2, 0.25) is 0 Å². The lowest BCUT2D eigenvalue weighted by Gasteiger charge is -2.17. The summed E-state index contributed by atoms with van der Waals surface area (Å²) >= 11 is 1.62. The number of aromatic amines is 1. The molecule has 4 rings (SSSR count). The van der Waals surface area contributed by atoms with Crippen LogP contribution in [0, 0.1) is 13.8 Å². The van der Waals surface area contributed by atoms with Crippen LogP contribution in [0.4, 0.5) is 5.69 Å². The number of anilines is 1. The van der Waals surface area contributed by atoms with Crippen LogP contribution < -0.4 is 4.90 Å². The zero-order valence-electron chi connectivity index (χ0n) is 13.5. The molecule has 0 aliphatic carbocycles. The molecule has 4 aromatic rings. The SMILES string of the molecule is Cc1nc2ncc(C(=O)N(C)c3ccc4nc(C)sc4c3)cc2[nH]1. The molecular formula is C17H15N5OS. The van der Waals surface area contributed by atoms with Gasteiger partial charge in [-0.1, -0.05) is 0 Å². The maximum absolute atomic E-state index is 12.8. The summed E-state index contributed by atoms with van der Waals surface area (Å²) in [5.74, 6) is 0.665. The standard InChI is InChI=1S/C17H15N5OS/c1-9-19-14-6-11(8-18-16(14)20-9)17(23)22(3)12-4-5-13-15(7-12)24-10(2)21-13/h4-8H,1-3H3,(H,18,19,20). The molecule has 1 aromatic carbocycles. The summed E-state index contributed by atoms with van der Waals surface area (Å²) in [5, 5.41) is 1.01. The van der Waals surface area contributed by atoms with E-state index >= 15 is 0 Å². The highest BCUT2D eigenvalue weighted by atomic mass is 32.1. The molecule has 6 nitrogen and oxygen atoms in total. The highest BCUT2D eigenvalue weighted by Crippen LogP contribution is 2.27. The Labute approximate surface area is 142 Å². The van der Waals surface area contributed by atoms with Gasteiger partial charge in [0.1, 0.15) is 5.82 Å². The molecule has 0 spiro atoms. The van der Waals surface area contributed by atoms with E-state index in [1.165, 1.54) is 0 Å². The summed E-state index contributed by atoms with van der Waals surface area (Å²) in [6.07, 6.45) is 1.57. The largest absolute Gasteiger partial charge is 0.341 e. The fourth-order valence-electron chi connectivity index (χ4n) is 2.69. The second-order valence-corrected chi connectivity index (χ2v) is 6.90. The van der Waals surface area contributed by atoms with Crippen LogP contribution in [0.3, 0.4) is 0 Å². The number of hydrogen-bond donors (Lipinski definition) is 1. The molecule has 120 valence electrons. The molecule has 0 fully saturated rings. The Morgan fingerprint density at radius 3 is 2.88 bits per heavy atom. The lowest BCUT2D eigenvalue weighted by molar-refractivity contribution is 0.0993. The zero-order chi connectivity index (χ0) is 16.8. The van der Waals surface area contributed by atoms with Crippen LogP contribution in [-0.2, 0) is 0 Å². The first-order valence-corrected chi connectivity index (χ1v) is 8.30. The number of nitrogens with one attached hydrogen (secondary N) is 1. The Kier molecular flexibility index (Phi) is 3.31. The number of nitrogens with zero attached hydrogens (tertiary/aromatic N) is 4. The zero-order valence-corrected chi connectivity index (χ0v) is 14.3. The summed E-state index contributed by atoms with van der Waals surface area (Å²) in [6.45, 7) is 3.84. The number of aromatic nitrogens is 4. The monoisotopic (exact) mass is 337 g/mol. The molecule has 3 aromatic heterocycles. The summed E-state index contributed by atoms with van der Waals surface area (Å²) in [7, 11) is 1.76. The maximum atomic E-state index is 12.8. The molecule has 0 aliphatic rings. The molecule has 0 aliphatic heterocycles. The third-order valence-corrected chi connectivity index (χ3v) is 4.81. The summed E-state index contributed by atoms with van der Waals surface area (Å²) < 4.78 is 1.07. The molecule has 0 atom stereocenters. The van der Waals surface area contributed by atoms with Gasteiger partial charge in [0, 0.05) is 18.9 Å². The molecule has 1 amide bonds. The number of benzene rings is 1. The van der Waals surface area contributed by atoms with Crippen LogP contribution in [0.25, 0.3) is 21.4 Å². The number of aryl methyl sites for hydroxylation is 2.